The summed E-state index contributed by atoms with van der Waals surface area (Å²) in [6, 6.07) is 2.75. The molecule has 1 aromatic carbocycles. The van der Waals surface area contributed by atoms with E-state index in [1.165, 1.54) is 13.2 Å². The number of aliphatic hydroxyl groups is 1. The Morgan fingerprint density at radius 3 is 2.50 bits per heavy atom. The molecule has 0 fully saturated rings. The summed E-state index contributed by atoms with van der Waals surface area (Å²) in [7, 11) is 1.38. The van der Waals surface area contributed by atoms with Gasteiger partial charge in [0.25, 0.3) is 0 Å². The highest BCUT2D eigenvalue weighted by atomic mass is 19.4. The topological polar surface area (TPSA) is 64.7 Å². The lowest BCUT2D eigenvalue weighted by molar-refractivity contribution is -0.274. The van der Waals surface area contributed by atoms with Crippen LogP contribution in [-0.2, 0) is 0 Å². The number of alkyl halides is 3. The molecule has 0 heterocycles. The zero-order valence-corrected chi connectivity index (χ0v) is 11.3. The molecule has 0 saturated carbocycles. The quantitative estimate of drug-likeness (QED) is 0.846. The number of ether oxygens (including phenoxy) is 2. The summed E-state index contributed by atoms with van der Waals surface area (Å²) in [5, 5.41) is 9.87. The van der Waals surface area contributed by atoms with Crippen LogP contribution in [0.1, 0.15) is 31.4 Å². The highest BCUT2D eigenvalue weighted by Crippen LogP contribution is 2.33. The molecule has 3 N–H and O–H groups in total. The number of halogens is 3. The molecule has 1 aromatic rings. The van der Waals surface area contributed by atoms with E-state index in [1.54, 1.807) is 0 Å². The first-order chi connectivity index (χ1) is 9.28. The average molecular weight is 293 g/mol. The summed E-state index contributed by atoms with van der Waals surface area (Å²) < 4.78 is 45.5. The van der Waals surface area contributed by atoms with E-state index in [0.29, 0.717) is 18.6 Å². The van der Waals surface area contributed by atoms with E-state index in [4.69, 9.17) is 10.5 Å². The Balaban J connectivity index is 3.05. The molecule has 7 heteroatoms. The lowest BCUT2D eigenvalue weighted by Crippen LogP contribution is -2.26. The third-order valence-corrected chi connectivity index (χ3v) is 2.79. The first-order valence-corrected chi connectivity index (χ1v) is 6.15. The lowest BCUT2D eigenvalue weighted by Gasteiger charge is -2.21. The Morgan fingerprint density at radius 2 is 2.00 bits per heavy atom. The zero-order valence-electron chi connectivity index (χ0n) is 11.3. The summed E-state index contributed by atoms with van der Waals surface area (Å²) in [4.78, 5) is 0. The summed E-state index contributed by atoms with van der Waals surface area (Å²) >= 11 is 0. The van der Waals surface area contributed by atoms with Crippen LogP contribution in [0.15, 0.2) is 18.2 Å². The van der Waals surface area contributed by atoms with Gasteiger partial charge in [-0.15, -0.1) is 13.2 Å². The van der Waals surface area contributed by atoms with Crippen LogP contribution in [0.2, 0.25) is 0 Å². The maximum Gasteiger partial charge on any atom is 0.573 e. The Hall–Kier alpha value is -1.47. The van der Waals surface area contributed by atoms with Gasteiger partial charge in [0.15, 0.2) is 0 Å². The number of benzene rings is 1. The van der Waals surface area contributed by atoms with Crippen molar-refractivity contribution in [2.75, 3.05) is 7.11 Å². The fourth-order valence-electron chi connectivity index (χ4n) is 1.85. The molecule has 2 atom stereocenters. The number of rotatable bonds is 6. The van der Waals surface area contributed by atoms with Crippen molar-refractivity contribution in [3.63, 3.8) is 0 Å². The van der Waals surface area contributed by atoms with E-state index in [9.17, 15) is 18.3 Å². The van der Waals surface area contributed by atoms with Crippen molar-refractivity contribution in [3.05, 3.63) is 23.8 Å². The van der Waals surface area contributed by atoms with Crippen molar-refractivity contribution in [1.29, 1.82) is 0 Å². The Morgan fingerprint density at radius 1 is 1.35 bits per heavy atom. The molecule has 20 heavy (non-hydrogen) atoms. The van der Waals surface area contributed by atoms with Crippen molar-refractivity contribution >= 4 is 0 Å². The Bertz CT molecular complexity index is 437. The van der Waals surface area contributed by atoms with Gasteiger partial charge in [-0.1, -0.05) is 13.3 Å². The Kier molecular flexibility index (Phi) is 5.64. The van der Waals surface area contributed by atoms with Gasteiger partial charge >= 0.3 is 6.36 Å². The van der Waals surface area contributed by atoms with Crippen molar-refractivity contribution in [2.24, 2.45) is 5.73 Å². The van der Waals surface area contributed by atoms with Gasteiger partial charge in [0.05, 0.1) is 19.3 Å². The van der Waals surface area contributed by atoms with Gasteiger partial charge in [-0.05, 0) is 24.6 Å². The van der Waals surface area contributed by atoms with Crippen LogP contribution >= 0.6 is 0 Å². The molecular weight excluding hydrogens is 275 g/mol. The predicted octanol–water partition coefficient (Wildman–Crippen LogP) is 2.75. The van der Waals surface area contributed by atoms with Gasteiger partial charge in [0.2, 0.25) is 0 Å². The maximum atomic E-state index is 12.2. The van der Waals surface area contributed by atoms with Crippen LogP contribution < -0.4 is 15.2 Å². The SMILES string of the molecule is CCC[C@H](O)[C@H](N)c1cc(OC(F)(F)F)ccc1OC. The van der Waals surface area contributed by atoms with Gasteiger partial charge in [-0.25, -0.2) is 0 Å². The van der Waals surface area contributed by atoms with E-state index in [2.05, 4.69) is 4.74 Å². The standard InChI is InChI=1S/C13H18F3NO3/c1-3-4-10(18)12(17)9-7-8(20-13(14,15)16)5-6-11(9)19-2/h5-7,10,12,18H,3-4,17H2,1-2H3/t10-,12+/m0/s1. The van der Waals surface area contributed by atoms with Crippen molar-refractivity contribution in [3.8, 4) is 11.5 Å². The van der Waals surface area contributed by atoms with Crippen LogP contribution in [0.3, 0.4) is 0 Å². The number of methoxy groups -OCH3 is 1. The van der Waals surface area contributed by atoms with E-state index in [-0.39, 0.29) is 5.56 Å². The second-order valence-electron chi connectivity index (χ2n) is 4.33. The third kappa shape index (κ3) is 4.57. The summed E-state index contributed by atoms with van der Waals surface area (Å²) in [5.74, 6) is -0.0883. The highest BCUT2D eigenvalue weighted by Gasteiger charge is 2.32. The first kappa shape index (κ1) is 16.6. The van der Waals surface area contributed by atoms with E-state index < -0.39 is 24.3 Å². The number of nitrogens with two attached hydrogens (primary N) is 1. The molecule has 0 aliphatic rings. The molecule has 0 saturated heterocycles. The lowest BCUT2D eigenvalue weighted by atomic mass is 9.98. The monoisotopic (exact) mass is 293 g/mol. The van der Waals surface area contributed by atoms with Gasteiger partial charge in [-0.3, -0.25) is 0 Å². The number of hydrogen-bond acceptors (Lipinski definition) is 4. The molecule has 0 aliphatic heterocycles. The molecule has 0 unspecified atom stereocenters. The molecule has 0 aromatic heterocycles. The fourth-order valence-corrected chi connectivity index (χ4v) is 1.85. The smallest absolute Gasteiger partial charge is 0.496 e. The van der Waals surface area contributed by atoms with E-state index in [0.717, 1.165) is 12.1 Å². The average Bonchev–Trinajstić information content (AvgIpc) is 2.36. The molecule has 0 radical (unpaired) electrons. The minimum absolute atomic E-state index is 0.273. The van der Waals surface area contributed by atoms with Crippen LogP contribution in [0, 0.1) is 0 Å². The van der Waals surface area contributed by atoms with E-state index in [1.807, 2.05) is 6.92 Å². The first-order valence-electron chi connectivity index (χ1n) is 6.15. The predicted molar refractivity (Wildman–Crippen MR) is 67.5 cm³/mol. The molecule has 0 spiro atoms. The van der Waals surface area contributed by atoms with Crippen molar-refractivity contribution in [2.45, 2.75) is 38.3 Å². The fraction of sp³-hybridized carbons (Fsp3) is 0.538. The van der Waals surface area contributed by atoms with Gasteiger partial charge in [-0.2, -0.15) is 0 Å². The minimum atomic E-state index is -4.78. The van der Waals surface area contributed by atoms with Gasteiger partial charge in [0.1, 0.15) is 11.5 Å². The molecule has 0 aliphatic carbocycles. The van der Waals surface area contributed by atoms with Crippen LogP contribution in [0.25, 0.3) is 0 Å². The minimum Gasteiger partial charge on any atom is -0.496 e. The summed E-state index contributed by atoms with van der Waals surface area (Å²) in [5.41, 5.74) is 6.14. The molecular formula is C13H18F3NO3. The largest absolute Gasteiger partial charge is 0.573 e. The molecule has 114 valence electrons. The highest BCUT2D eigenvalue weighted by molar-refractivity contribution is 5.42. The van der Waals surface area contributed by atoms with Crippen molar-refractivity contribution < 1.29 is 27.8 Å². The second kappa shape index (κ2) is 6.81. The van der Waals surface area contributed by atoms with Gasteiger partial charge < -0.3 is 20.3 Å². The maximum absolute atomic E-state index is 12.2. The third-order valence-electron chi connectivity index (χ3n) is 2.79. The molecule has 0 amide bonds. The second-order valence-corrected chi connectivity index (χ2v) is 4.33. The molecule has 0 bridgehead atoms. The number of hydrogen-bond donors (Lipinski definition) is 2. The summed E-state index contributed by atoms with van der Waals surface area (Å²) in [6.45, 7) is 1.87. The van der Waals surface area contributed by atoms with Gasteiger partial charge in [0, 0.05) is 5.56 Å². The number of aliphatic hydroxyl groups excluding tert-OH is 1. The van der Waals surface area contributed by atoms with Crippen LogP contribution in [0.4, 0.5) is 13.2 Å². The van der Waals surface area contributed by atoms with E-state index >= 15 is 0 Å². The Labute approximate surface area is 115 Å². The molecule has 4 nitrogen and oxygen atoms in total. The van der Waals surface area contributed by atoms with Crippen LogP contribution in [-0.4, -0.2) is 24.7 Å². The van der Waals surface area contributed by atoms with Crippen LogP contribution in [0.5, 0.6) is 11.5 Å². The van der Waals surface area contributed by atoms with Crippen molar-refractivity contribution in [1.82, 2.24) is 0 Å². The normalized spacial score (nSPS) is 14.8. The summed E-state index contributed by atoms with van der Waals surface area (Å²) in [6.07, 6.45) is -4.50. The zero-order chi connectivity index (χ0) is 15.3. The molecule has 1 rings (SSSR count).